The first-order valence-corrected chi connectivity index (χ1v) is 7.08. The molecule has 1 aromatic carbocycles. The lowest BCUT2D eigenvalue weighted by molar-refractivity contribution is -0.122. The summed E-state index contributed by atoms with van der Waals surface area (Å²) in [5.41, 5.74) is 6.76. The molecule has 0 aliphatic heterocycles. The van der Waals surface area contributed by atoms with Crippen molar-refractivity contribution in [1.29, 1.82) is 0 Å². The summed E-state index contributed by atoms with van der Waals surface area (Å²) in [5.74, 6) is 0.793. The summed E-state index contributed by atoms with van der Waals surface area (Å²) >= 11 is 2.26. The fraction of sp³-hybridized carbons (Fsp3) is 0.500. The molecule has 0 amide bonds. The first-order chi connectivity index (χ1) is 8.02. The number of carbonyl (C=O) groups is 1. The number of ketones is 1. The Labute approximate surface area is 117 Å². The van der Waals surface area contributed by atoms with Crippen LogP contribution in [0.3, 0.4) is 0 Å². The quantitative estimate of drug-likeness (QED) is 0.806. The maximum atomic E-state index is 12.1. The maximum absolute atomic E-state index is 12.1. The molecule has 0 saturated carbocycles. The van der Waals surface area contributed by atoms with E-state index in [2.05, 4.69) is 36.4 Å². The molecule has 1 rings (SSSR count). The monoisotopic (exact) mass is 345 g/mol. The van der Waals surface area contributed by atoms with E-state index in [4.69, 9.17) is 5.73 Å². The highest BCUT2D eigenvalue weighted by molar-refractivity contribution is 14.1. The number of benzene rings is 1. The highest BCUT2D eigenvalue weighted by Gasteiger charge is 2.18. The van der Waals surface area contributed by atoms with Crippen LogP contribution in [0.1, 0.15) is 25.8 Å². The van der Waals surface area contributed by atoms with Crippen molar-refractivity contribution in [3.8, 4) is 0 Å². The van der Waals surface area contributed by atoms with Gasteiger partial charge in [0.2, 0.25) is 0 Å². The SMILES string of the molecule is CC(C)CC(CN)C(=O)Cc1ccc(I)cc1. The highest BCUT2D eigenvalue weighted by atomic mass is 127. The van der Waals surface area contributed by atoms with Gasteiger partial charge in [-0.25, -0.2) is 0 Å². The lowest BCUT2D eigenvalue weighted by atomic mass is 9.90. The molecular weight excluding hydrogens is 325 g/mol. The Kier molecular flexibility index (Phi) is 6.12. The lowest BCUT2D eigenvalue weighted by Crippen LogP contribution is -2.26. The topological polar surface area (TPSA) is 43.1 Å². The van der Waals surface area contributed by atoms with Crippen molar-refractivity contribution in [2.24, 2.45) is 17.6 Å². The summed E-state index contributed by atoms with van der Waals surface area (Å²) in [6.45, 7) is 4.71. The van der Waals surface area contributed by atoms with Crippen LogP contribution in [0.2, 0.25) is 0 Å². The first kappa shape index (κ1) is 14.6. The second-order valence-electron chi connectivity index (χ2n) is 4.83. The molecule has 2 N–H and O–H groups in total. The molecule has 0 radical (unpaired) electrons. The molecule has 3 heteroatoms. The summed E-state index contributed by atoms with van der Waals surface area (Å²) in [4.78, 5) is 12.1. The van der Waals surface area contributed by atoms with E-state index < -0.39 is 0 Å². The molecule has 2 nitrogen and oxygen atoms in total. The molecule has 17 heavy (non-hydrogen) atoms. The van der Waals surface area contributed by atoms with Crippen LogP contribution in [0.4, 0.5) is 0 Å². The molecule has 0 aromatic heterocycles. The van der Waals surface area contributed by atoms with E-state index in [1.807, 2.05) is 24.3 Å². The predicted octanol–water partition coefficient (Wildman–Crippen LogP) is 3.02. The van der Waals surface area contributed by atoms with Crippen LogP contribution in [0.5, 0.6) is 0 Å². The smallest absolute Gasteiger partial charge is 0.141 e. The molecule has 0 bridgehead atoms. The van der Waals surface area contributed by atoms with E-state index in [0.29, 0.717) is 18.9 Å². The van der Waals surface area contributed by atoms with Crippen LogP contribution in [0, 0.1) is 15.4 Å². The van der Waals surface area contributed by atoms with Gasteiger partial charge >= 0.3 is 0 Å². The van der Waals surface area contributed by atoms with Crippen LogP contribution in [-0.4, -0.2) is 12.3 Å². The summed E-state index contributed by atoms with van der Waals surface area (Å²) in [6.07, 6.45) is 1.39. The molecule has 1 atom stereocenters. The van der Waals surface area contributed by atoms with Crippen LogP contribution in [0.25, 0.3) is 0 Å². The molecule has 1 aromatic rings. The van der Waals surface area contributed by atoms with Crippen LogP contribution >= 0.6 is 22.6 Å². The third-order valence-electron chi connectivity index (χ3n) is 2.79. The fourth-order valence-corrected chi connectivity index (χ4v) is 2.24. The minimum Gasteiger partial charge on any atom is -0.330 e. The Hall–Kier alpha value is -0.420. The Morgan fingerprint density at radius 1 is 1.29 bits per heavy atom. The second-order valence-corrected chi connectivity index (χ2v) is 6.08. The van der Waals surface area contributed by atoms with E-state index in [1.54, 1.807) is 0 Å². The minimum atomic E-state index is 0.00859. The Bertz CT molecular complexity index is 359. The third-order valence-corrected chi connectivity index (χ3v) is 3.51. The van der Waals surface area contributed by atoms with Gasteiger partial charge in [-0.2, -0.15) is 0 Å². The lowest BCUT2D eigenvalue weighted by Gasteiger charge is -2.15. The fourth-order valence-electron chi connectivity index (χ4n) is 1.88. The van der Waals surface area contributed by atoms with Crippen molar-refractivity contribution in [1.82, 2.24) is 0 Å². The van der Waals surface area contributed by atoms with Gasteiger partial charge in [-0.05, 0) is 52.6 Å². The maximum Gasteiger partial charge on any atom is 0.141 e. The molecule has 94 valence electrons. The molecule has 0 heterocycles. The van der Waals surface area contributed by atoms with Crippen LogP contribution < -0.4 is 5.73 Å². The second kappa shape index (κ2) is 7.11. The first-order valence-electron chi connectivity index (χ1n) is 6.00. The van der Waals surface area contributed by atoms with E-state index in [-0.39, 0.29) is 11.7 Å². The third kappa shape index (κ3) is 5.17. The van der Waals surface area contributed by atoms with E-state index >= 15 is 0 Å². The number of hydrogen-bond acceptors (Lipinski definition) is 2. The Morgan fingerprint density at radius 2 is 1.88 bits per heavy atom. The van der Waals surface area contributed by atoms with Gasteiger partial charge in [-0.1, -0.05) is 26.0 Å². The number of hydrogen-bond donors (Lipinski definition) is 1. The average Bonchev–Trinajstić information content (AvgIpc) is 2.28. The number of nitrogens with two attached hydrogens (primary N) is 1. The number of halogens is 1. The number of carbonyl (C=O) groups excluding carboxylic acids is 1. The van der Waals surface area contributed by atoms with E-state index in [0.717, 1.165) is 12.0 Å². The van der Waals surface area contributed by atoms with Gasteiger partial charge in [0.05, 0.1) is 0 Å². The summed E-state index contributed by atoms with van der Waals surface area (Å²) < 4.78 is 1.19. The highest BCUT2D eigenvalue weighted by Crippen LogP contribution is 2.15. The summed E-state index contributed by atoms with van der Waals surface area (Å²) in [6, 6.07) is 8.09. The molecule has 0 aliphatic rings. The molecule has 0 saturated heterocycles. The van der Waals surface area contributed by atoms with Gasteiger partial charge in [0.25, 0.3) is 0 Å². The molecule has 0 spiro atoms. The van der Waals surface area contributed by atoms with Crippen molar-refractivity contribution in [2.75, 3.05) is 6.54 Å². The van der Waals surface area contributed by atoms with Crippen molar-refractivity contribution < 1.29 is 4.79 Å². The standard InChI is InChI=1S/C14H20INO/c1-10(2)7-12(9-16)14(17)8-11-3-5-13(15)6-4-11/h3-6,10,12H,7-9,16H2,1-2H3. The van der Waals surface area contributed by atoms with Crippen molar-refractivity contribution >= 4 is 28.4 Å². The van der Waals surface area contributed by atoms with Crippen LogP contribution in [0.15, 0.2) is 24.3 Å². The summed E-state index contributed by atoms with van der Waals surface area (Å²) in [7, 11) is 0. The normalized spacial score (nSPS) is 12.8. The van der Waals surface area contributed by atoms with Gasteiger partial charge in [0, 0.05) is 22.5 Å². The van der Waals surface area contributed by atoms with Crippen molar-refractivity contribution in [2.45, 2.75) is 26.7 Å². The summed E-state index contributed by atoms with van der Waals surface area (Å²) in [5, 5.41) is 0. The Morgan fingerprint density at radius 3 is 2.35 bits per heavy atom. The zero-order chi connectivity index (χ0) is 12.8. The van der Waals surface area contributed by atoms with Gasteiger partial charge in [-0.3, -0.25) is 4.79 Å². The predicted molar refractivity (Wildman–Crippen MR) is 79.9 cm³/mol. The zero-order valence-electron chi connectivity index (χ0n) is 10.4. The van der Waals surface area contributed by atoms with Crippen molar-refractivity contribution in [3.05, 3.63) is 33.4 Å². The number of Topliss-reactive ketones (excluding diaryl/α,β-unsaturated/α-hetero) is 1. The van der Waals surface area contributed by atoms with Gasteiger partial charge in [-0.15, -0.1) is 0 Å². The largest absolute Gasteiger partial charge is 0.330 e. The molecule has 0 aliphatic carbocycles. The minimum absolute atomic E-state index is 0.00859. The average molecular weight is 345 g/mol. The number of rotatable bonds is 6. The van der Waals surface area contributed by atoms with Gasteiger partial charge < -0.3 is 5.73 Å². The Balaban J connectivity index is 2.60. The zero-order valence-corrected chi connectivity index (χ0v) is 12.6. The van der Waals surface area contributed by atoms with Crippen molar-refractivity contribution in [3.63, 3.8) is 0 Å². The molecule has 0 fully saturated rings. The molecule has 1 unspecified atom stereocenters. The van der Waals surface area contributed by atoms with Crippen LogP contribution in [-0.2, 0) is 11.2 Å². The van der Waals surface area contributed by atoms with Gasteiger partial charge in [0.1, 0.15) is 5.78 Å². The van der Waals surface area contributed by atoms with E-state index in [9.17, 15) is 4.79 Å². The van der Waals surface area contributed by atoms with Gasteiger partial charge in [0.15, 0.2) is 0 Å². The van der Waals surface area contributed by atoms with E-state index in [1.165, 1.54) is 3.57 Å². The molecular formula is C14H20INO.